The van der Waals surface area contributed by atoms with Gasteiger partial charge >= 0.3 is 5.97 Å². The van der Waals surface area contributed by atoms with E-state index in [4.69, 9.17) is 5.11 Å². The van der Waals surface area contributed by atoms with E-state index in [0.717, 1.165) is 5.56 Å². The van der Waals surface area contributed by atoms with Gasteiger partial charge in [-0.15, -0.1) is 0 Å². The summed E-state index contributed by atoms with van der Waals surface area (Å²) in [6, 6.07) is 6.89. The number of aromatic carboxylic acids is 1. The molecule has 1 heterocycles. The second kappa shape index (κ2) is 3.57. The van der Waals surface area contributed by atoms with Gasteiger partial charge in [-0.25, -0.2) is 4.79 Å². The van der Waals surface area contributed by atoms with Crippen LogP contribution in [0.1, 0.15) is 10.4 Å². The van der Waals surface area contributed by atoms with Gasteiger partial charge in [0.15, 0.2) is 0 Å². The highest BCUT2D eigenvalue weighted by molar-refractivity contribution is 5.95. The number of hydrogen-bond donors (Lipinski definition) is 1. The topological polar surface area (TPSA) is 55.1 Å². The number of aryl methyl sites for hydroxylation is 1. The van der Waals surface area contributed by atoms with Crippen molar-refractivity contribution in [1.82, 2.24) is 9.78 Å². The Morgan fingerprint density at radius 2 is 2.13 bits per heavy atom. The van der Waals surface area contributed by atoms with E-state index in [1.54, 1.807) is 42.3 Å². The molecule has 0 fully saturated rings. The Hall–Kier alpha value is -2.10. The van der Waals surface area contributed by atoms with Crippen molar-refractivity contribution in [2.24, 2.45) is 7.05 Å². The third kappa shape index (κ3) is 1.74. The first kappa shape index (κ1) is 9.45. The zero-order chi connectivity index (χ0) is 10.8. The lowest BCUT2D eigenvalue weighted by Gasteiger charge is -2.01. The van der Waals surface area contributed by atoms with Crippen molar-refractivity contribution < 1.29 is 9.90 Å². The molecular formula is C11H10N2O2. The number of carboxylic acid groups (broad SMARTS) is 1. The molecule has 0 aliphatic rings. The number of hydrogen-bond acceptors (Lipinski definition) is 2. The second-order valence-electron chi connectivity index (χ2n) is 3.25. The fraction of sp³-hybridized carbons (Fsp3) is 0.0909. The first-order valence-corrected chi connectivity index (χ1v) is 4.50. The molecule has 4 nitrogen and oxygen atoms in total. The van der Waals surface area contributed by atoms with Crippen LogP contribution in [0.4, 0.5) is 0 Å². The van der Waals surface area contributed by atoms with Crippen molar-refractivity contribution in [3.63, 3.8) is 0 Å². The quantitative estimate of drug-likeness (QED) is 0.807. The highest BCUT2D eigenvalue weighted by Gasteiger charge is 2.11. The summed E-state index contributed by atoms with van der Waals surface area (Å²) in [4.78, 5) is 11.0. The fourth-order valence-electron chi connectivity index (χ4n) is 1.48. The minimum absolute atomic E-state index is 0.297. The molecule has 1 N–H and O–H groups in total. The number of rotatable bonds is 2. The largest absolute Gasteiger partial charge is 0.478 e. The van der Waals surface area contributed by atoms with Crippen LogP contribution in [0.2, 0.25) is 0 Å². The normalized spacial score (nSPS) is 10.2. The highest BCUT2D eigenvalue weighted by Crippen LogP contribution is 2.22. The molecule has 4 heteroatoms. The Bertz CT molecular complexity index is 503. The van der Waals surface area contributed by atoms with Crippen LogP contribution in [-0.2, 0) is 7.05 Å². The third-order valence-corrected chi connectivity index (χ3v) is 2.17. The van der Waals surface area contributed by atoms with Gasteiger partial charge in [-0.05, 0) is 11.6 Å². The van der Waals surface area contributed by atoms with Crippen molar-refractivity contribution in [2.75, 3.05) is 0 Å². The van der Waals surface area contributed by atoms with Crippen molar-refractivity contribution in [3.8, 4) is 11.1 Å². The summed E-state index contributed by atoms with van der Waals surface area (Å²) < 4.78 is 1.65. The summed E-state index contributed by atoms with van der Waals surface area (Å²) in [5.74, 6) is -0.922. The molecular weight excluding hydrogens is 192 g/mol. The van der Waals surface area contributed by atoms with Crippen LogP contribution in [0.15, 0.2) is 36.7 Å². The van der Waals surface area contributed by atoms with Crippen LogP contribution >= 0.6 is 0 Å². The monoisotopic (exact) mass is 202 g/mol. The first-order valence-electron chi connectivity index (χ1n) is 4.50. The molecule has 15 heavy (non-hydrogen) atoms. The number of nitrogens with zero attached hydrogens (tertiary/aromatic N) is 2. The molecule has 0 saturated carbocycles. The molecule has 1 aromatic heterocycles. The predicted molar refractivity (Wildman–Crippen MR) is 55.6 cm³/mol. The average Bonchev–Trinajstić information content (AvgIpc) is 2.65. The molecule has 0 unspecified atom stereocenters. The van der Waals surface area contributed by atoms with Crippen LogP contribution in [0.5, 0.6) is 0 Å². The van der Waals surface area contributed by atoms with Gasteiger partial charge in [0.1, 0.15) is 0 Å². The van der Waals surface area contributed by atoms with Crippen molar-refractivity contribution in [2.45, 2.75) is 0 Å². The van der Waals surface area contributed by atoms with Crippen LogP contribution in [0, 0.1) is 0 Å². The molecule has 0 bridgehead atoms. The maximum absolute atomic E-state index is 11.0. The van der Waals surface area contributed by atoms with Crippen LogP contribution < -0.4 is 0 Å². The van der Waals surface area contributed by atoms with Crippen LogP contribution in [-0.4, -0.2) is 20.9 Å². The van der Waals surface area contributed by atoms with Crippen molar-refractivity contribution >= 4 is 5.97 Å². The minimum Gasteiger partial charge on any atom is -0.478 e. The average molecular weight is 202 g/mol. The molecule has 0 radical (unpaired) electrons. The van der Waals surface area contributed by atoms with E-state index in [1.807, 2.05) is 6.07 Å². The van der Waals surface area contributed by atoms with E-state index in [9.17, 15) is 4.79 Å². The standard InChI is InChI=1S/C11H10N2O2/c1-13-7-8(6-12-13)9-4-2-3-5-10(9)11(14)15/h2-7H,1H3,(H,14,15). The van der Waals surface area contributed by atoms with E-state index in [2.05, 4.69) is 5.10 Å². The summed E-state index contributed by atoms with van der Waals surface area (Å²) in [5, 5.41) is 13.0. The molecule has 0 aliphatic carbocycles. The number of carbonyl (C=O) groups is 1. The molecule has 0 saturated heterocycles. The summed E-state index contributed by atoms with van der Waals surface area (Å²) in [7, 11) is 1.80. The fourth-order valence-corrected chi connectivity index (χ4v) is 1.48. The number of benzene rings is 1. The van der Waals surface area contributed by atoms with Crippen LogP contribution in [0.3, 0.4) is 0 Å². The Morgan fingerprint density at radius 1 is 1.40 bits per heavy atom. The number of aromatic nitrogens is 2. The molecule has 1 aromatic carbocycles. The van der Waals surface area contributed by atoms with Gasteiger partial charge in [0.25, 0.3) is 0 Å². The van der Waals surface area contributed by atoms with E-state index < -0.39 is 5.97 Å². The lowest BCUT2D eigenvalue weighted by molar-refractivity contribution is 0.0698. The Kier molecular flexibility index (Phi) is 2.25. The lowest BCUT2D eigenvalue weighted by Crippen LogP contribution is -1.98. The zero-order valence-electron chi connectivity index (χ0n) is 8.21. The predicted octanol–water partition coefficient (Wildman–Crippen LogP) is 1.79. The molecule has 0 aliphatic heterocycles. The molecule has 2 rings (SSSR count). The molecule has 2 aromatic rings. The van der Waals surface area contributed by atoms with Gasteiger partial charge in [0, 0.05) is 18.8 Å². The van der Waals surface area contributed by atoms with Gasteiger partial charge in [0.2, 0.25) is 0 Å². The molecule has 0 spiro atoms. The maximum Gasteiger partial charge on any atom is 0.336 e. The summed E-state index contributed by atoms with van der Waals surface area (Å²) in [5.41, 5.74) is 1.80. The lowest BCUT2D eigenvalue weighted by atomic mass is 10.0. The summed E-state index contributed by atoms with van der Waals surface area (Å²) in [6.07, 6.45) is 3.45. The van der Waals surface area contributed by atoms with Crippen molar-refractivity contribution in [1.29, 1.82) is 0 Å². The first-order chi connectivity index (χ1) is 7.18. The minimum atomic E-state index is -0.922. The SMILES string of the molecule is Cn1cc(-c2ccccc2C(=O)O)cn1. The molecule has 0 atom stereocenters. The molecule has 76 valence electrons. The van der Waals surface area contributed by atoms with Crippen molar-refractivity contribution in [3.05, 3.63) is 42.2 Å². The highest BCUT2D eigenvalue weighted by atomic mass is 16.4. The zero-order valence-corrected chi connectivity index (χ0v) is 8.21. The molecule has 0 amide bonds. The van der Waals surface area contributed by atoms with E-state index in [0.29, 0.717) is 11.1 Å². The smallest absolute Gasteiger partial charge is 0.336 e. The van der Waals surface area contributed by atoms with Gasteiger partial charge < -0.3 is 5.11 Å². The number of carboxylic acids is 1. The summed E-state index contributed by atoms with van der Waals surface area (Å²) in [6.45, 7) is 0. The summed E-state index contributed by atoms with van der Waals surface area (Å²) >= 11 is 0. The van der Waals surface area contributed by atoms with E-state index >= 15 is 0 Å². The van der Waals surface area contributed by atoms with E-state index in [-0.39, 0.29) is 0 Å². The van der Waals surface area contributed by atoms with Gasteiger partial charge in [0.05, 0.1) is 11.8 Å². The maximum atomic E-state index is 11.0. The second-order valence-corrected chi connectivity index (χ2v) is 3.25. The van der Waals surface area contributed by atoms with Gasteiger partial charge in [-0.1, -0.05) is 18.2 Å². The van der Waals surface area contributed by atoms with E-state index in [1.165, 1.54) is 0 Å². The van der Waals surface area contributed by atoms with Crippen LogP contribution in [0.25, 0.3) is 11.1 Å². The van der Waals surface area contributed by atoms with Gasteiger partial charge in [-0.2, -0.15) is 5.10 Å². The Balaban J connectivity index is 2.57. The van der Waals surface area contributed by atoms with Gasteiger partial charge in [-0.3, -0.25) is 4.68 Å². The third-order valence-electron chi connectivity index (χ3n) is 2.17. The Morgan fingerprint density at radius 3 is 2.73 bits per heavy atom. The Labute approximate surface area is 86.8 Å².